The second kappa shape index (κ2) is 10.3. The fourth-order valence-electron chi connectivity index (χ4n) is 3.95. The van der Waals surface area contributed by atoms with E-state index in [0.717, 1.165) is 17.9 Å². The van der Waals surface area contributed by atoms with Crippen molar-refractivity contribution < 1.29 is 19.1 Å². The van der Waals surface area contributed by atoms with Crippen molar-refractivity contribution in [1.29, 1.82) is 0 Å². The predicted molar refractivity (Wildman–Crippen MR) is 138 cm³/mol. The van der Waals surface area contributed by atoms with Crippen LogP contribution < -0.4 is 20.1 Å². The first-order valence-electron chi connectivity index (χ1n) is 12.1. The third-order valence-corrected chi connectivity index (χ3v) is 6.05. The van der Waals surface area contributed by atoms with Gasteiger partial charge in [-0.3, -0.25) is 9.59 Å². The number of nitrogens with zero attached hydrogens (tertiary/aromatic N) is 4. The van der Waals surface area contributed by atoms with Crippen LogP contribution in [0.15, 0.2) is 48.7 Å². The van der Waals surface area contributed by atoms with E-state index in [1.54, 1.807) is 28.9 Å². The zero-order chi connectivity index (χ0) is 25.9. The number of amides is 2. The van der Waals surface area contributed by atoms with E-state index in [1.165, 1.54) is 26.9 Å². The maximum Gasteiger partial charge on any atom is 0.257 e. The second-order valence-electron chi connectivity index (χ2n) is 9.09. The molecule has 0 aliphatic heterocycles. The quantitative estimate of drug-likeness (QED) is 0.359. The Kier molecular flexibility index (Phi) is 6.72. The van der Waals surface area contributed by atoms with Gasteiger partial charge in [0.25, 0.3) is 5.91 Å². The van der Waals surface area contributed by atoms with E-state index in [0.29, 0.717) is 46.4 Å². The number of imidazole rings is 1. The van der Waals surface area contributed by atoms with Crippen LogP contribution in [-0.2, 0) is 11.3 Å². The van der Waals surface area contributed by atoms with Crippen LogP contribution in [-0.4, -0.2) is 45.1 Å². The number of fused-ring (bicyclic) bond motifs is 1. The number of carbonyl (C=O) groups is 2. The van der Waals surface area contributed by atoms with Gasteiger partial charge in [-0.2, -0.15) is 5.10 Å². The summed E-state index contributed by atoms with van der Waals surface area (Å²) in [4.78, 5) is 33.4. The number of aromatic nitrogens is 4. The number of pyridine rings is 1. The molecule has 0 atom stereocenters. The molecule has 1 aliphatic carbocycles. The Bertz CT molecular complexity index is 1480. The summed E-state index contributed by atoms with van der Waals surface area (Å²) in [6, 6.07) is 13.0. The van der Waals surface area contributed by atoms with Gasteiger partial charge in [-0.25, -0.2) is 14.5 Å². The smallest absolute Gasteiger partial charge is 0.257 e. The van der Waals surface area contributed by atoms with E-state index < -0.39 is 0 Å². The molecule has 3 heterocycles. The second-order valence-corrected chi connectivity index (χ2v) is 9.09. The molecule has 0 radical (unpaired) electrons. The molecule has 10 nitrogen and oxygen atoms in total. The summed E-state index contributed by atoms with van der Waals surface area (Å²) >= 11 is 0. The molecule has 0 saturated heterocycles. The summed E-state index contributed by atoms with van der Waals surface area (Å²) in [5, 5.41) is 10.2. The van der Waals surface area contributed by atoms with Gasteiger partial charge in [0.2, 0.25) is 11.8 Å². The number of anilines is 1. The van der Waals surface area contributed by atoms with Crippen molar-refractivity contribution in [3.8, 4) is 22.9 Å². The van der Waals surface area contributed by atoms with Crippen molar-refractivity contribution in [1.82, 2.24) is 24.9 Å². The van der Waals surface area contributed by atoms with E-state index in [-0.39, 0.29) is 17.7 Å². The monoisotopic (exact) mass is 500 g/mol. The largest absolute Gasteiger partial charge is 0.493 e. The molecule has 5 rings (SSSR count). The van der Waals surface area contributed by atoms with E-state index in [2.05, 4.69) is 25.7 Å². The molecule has 190 valence electrons. The molecule has 0 bridgehead atoms. The Labute approximate surface area is 214 Å². The first-order chi connectivity index (χ1) is 17.9. The molecule has 10 heteroatoms. The maximum atomic E-state index is 13.2. The fourth-order valence-corrected chi connectivity index (χ4v) is 3.95. The number of rotatable bonds is 9. The van der Waals surface area contributed by atoms with Gasteiger partial charge in [0.05, 0.1) is 31.3 Å². The highest BCUT2D eigenvalue weighted by Crippen LogP contribution is 2.30. The van der Waals surface area contributed by atoms with E-state index >= 15 is 0 Å². The van der Waals surface area contributed by atoms with Gasteiger partial charge in [-0.1, -0.05) is 12.1 Å². The maximum absolute atomic E-state index is 13.2. The molecule has 1 saturated carbocycles. The van der Waals surface area contributed by atoms with Crippen LogP contribution in [0.3, 0.4) is 0 Å². The molecule has 1 aromatic carbocycles. The van der Waals surface area contributed by atoms with Crippen molar-refractivity contribution in [2.24, 2.45) is 5.92 Å². The number of benzene rings is 1. The summed E-state index contributed by atoms with van der Waals surface area (Å²) in [6.45, 7) is 4.31. The highest BCUT2D eigenvalue weighted by Gasteiger charge is 2.22. The van der Waals surface area contributed by atoms with Crippen LogP contribution in [0.25, 0.3) is 16.9 Å². The average Bonchev–Trinajstić information content (AvgIpc) is 3.63. The van der Waals surface area contributed by atoms with Gasteiger partial charge < -0.3 is 20.1 Å². The zero-order valence-corrected chi connectivity index (χ0v) is 20.9. The topological polar surface area (TPSA) is 120 Å². The fraction of sp³-hybridized carbons (Fsp3) is 0.296. The number of nitrogens with one attached hydrogen (secondary N) is 2. The lowest BCUT2D eigenvalue weighted by Gasteiger charge is -2.13. The van der Waals surface area contributed by atoms with Crippen LogP contribution in [0.2, 0.25) is 0 Å². The molecule has 1 fully saturated rings. The summed E-state index contributed by atoms with van der Waals surface area (Å²) < 4.78 is 12.8. The Morgan fingerprint density at radius 3 is 2.73 bits per heavy atom. The highest BCUT2D eigenvalue weighted by atomic mass is 16.5. The van der Waals surface area contributed by atoms with Crippen LogP contribution in [0.5, 0.6) is 11.6 Å². The number of hydrogen-bond acceptors (Lipinski definition) is 7. The number of methoxy groups -OCH3 is 1. The van der Waals surface area contributed by atoms with E-state index in [9.17, 15) is 9.59 Å². The van der Waals surface area contributed by atoms with Crippen LogP contribution in [0, 0.1) is 12.8 Å². The Balaban J connectivity index is 1.36. The number of ether oxygens (including phenoxy) is 2. The highest BCUT2D eigenvalue weighted by molar-refractivity contribution is 5.97. The number of hydrogen-bond donors (Lipinski definition) is 2. The van der Waals surface area contributed by atoms with Crippen molar-refractivity contribution in [2.45, 2.75) is 33.2 Å². The predicted octanol–water partition coefficient (Wildman–Crippen LogP) is 3.79. The first kappa shape index (κ1) is 24.2. The van der Waals surface area contributed by atoms with E-state index in [4.69, 9.17) is 9.47 Å². The lowest BCUT2D eigenvalue weighted by atomic mass is 10.1. The third-order valence-electron chi connectivity index (χ3n) is 6.05. The number of carbonyl (C=O) groups excluding carboxylic acids is 2. The normalized spacial score (nSPS) is 12.8. The van der Waals surface area contributed by atoms with Gasteiger partial charge in [-0.15, -0.1) is 0 Å². The minimum atomic E-state index is -0.313. The molecule has 37 heavy (non-hydrogen) atoms. The van der Waals surface area contributed by atoms with Crippen LogP contribution in [0.4, 0.5) is 5.82 Å². The molecular formula is C27H28N6O4. The zero-order valence-electron chi connectivity index (χ0n) is 20.9. The number of aryl methyl sites for hydroxylation is 1. The molecule has 0 spiro atoms. The first-order valence-corrected chi connectivity index (χ1v) is 12.1. The Morgan fingerprint density at radius 1 is 1.14 bits per heavy atom. The average molecular weight is 501 g/mol. The lowest BCUT2D eigenvalue weighted by molar-refractivity contribution is -0.114. The standard InChI is InChI=1S/C27H28N6O4/c1-16-21(23-9-10-25-31-24(30-17(2)34)14-33(25)32-23)12-22(27(29-16)36-3)26(35)28-13-19-5-4-6-20(11-19)37-15-18-7-8-18/h4-6,9-12,14,18H,7-8,13,15H2,1-3H3,(H,28,35)(H,30,34). The van der Waals surface area contributed by atoms with Crippen molar-refractivity contribution in [3.05, 3.63) is 65.5 Å². The SMILES string of the molecule is COc1nc(C)c(-c2ccc3nc(NC(C)=O)cn3n2)cc1C(=O)NCc1cccc(OCC2CC2)c1. The van der Waals surface area contributed by atoms with Gasteiger partial charge in [0, 0.05) is 19.0 Å². The minimum Gasteiger partial charge on any atom is -0.493 e. The molecule has 2 amide bonds. The van der Waals surface area contributed by atoms with Gasteiger partial charge in [-0.05, 0) is 61.6 Å². The van der Waals surface area contributed by atoms with Crippen LogP contribution in [0.1, 0.15) is 41.4 Å². The van der Waals surface area contributed by atoms with Crippen molar-refractivity contribution in [3.63, 3.8) is 0 Å². The Morgan fingerprint density at radius 2 is 1.97 bits per heavy atom. The molecule has 0 unspecified atom stereocenters. The summed E-state index contributed by atoms with van der Waals surface area (Å²) in [5.41, 5.74) is 3.74. The molecule has 3 aromatic heterocycles. The summed E-state index contributed by atoms with van der Waals surface area (Å²) in [5.74, 6) is 1.58. The molecule has 1 aliphatic rings. The molecule has 4 aromatic rings. The van der Waals surface area contributed by atoms with Crippen LogP contribution >= 0.6 is 0 Å². The molecule has 2 N–H and O–H groups in total. The minimum absolute atomic E-state index is 0.216. The van der Waals surface area contributed by atoms with Gasteiger partial charge in [0.15, 0.2) is 11.5 Å². The van der Waals surface area contributed by atoms with Crippen molar-refractivity contribution in [2.75, 3.05) is 19.0 Å². The van der Waals surface area contributed by atoms with Crippen molar-refractivity contribution >= 4 is 23.3 Å². The van der Waals surface area contributed by atoms with Gasteiger partial charge >= 0.3 is 0 Å². The summed E-state index contributed by atoms with van der Waals surface area (Å²) in [6.07, 6.45) is 4.09. The van der Waals surface area contributed by atoms with E-state index in [1.807, 2.05) is 31.2 Å². The summed E-state index contributed by atoms with van der Waals surface area (Å²) in [7, 11) is 1.48. The third kappa shape index (κ3) is 5.69. The molecular weight excluding hydrogens is 472 g/mol. The lowest BCUT2D eigenvalue weighted by Crippen LogP contribution is -2.24. The Hall–Kier alpha value is -4.47. The van der Waals surface area contributed by atoms with Gasteiger partial charge in [0.1, 0.15) is 11.3 Å².